The molecule has 1 N–H and O–H groups in total. The molecule has 1 saturated heterocycles. The summed E-state index contributed by atoms with van der Waals surface area (Å²) >= 11 is 0. The zero-order chi connectivity index (χ0) is 17.6. The predicted octanol–water partition coefficient (Wildman–Crippen LogP) is 4.43. The van der Waals surface area contributed by atoms with Gasteiger partial charge in [0.05, 0.1) is 0 Å². The second kappa shape index (κ2) is 8.06. The molecule has 0 spiro atoms. The van der Waals surface area contributed by atoms with Gasteiger partial charge in [-0.15, -0.1) is 0 Å². The molecule has 1 aliphatic heterocycles. The van der Waals surface area contributed by atoms with E-state index in [2.05, 4.69) is 30.1 Å². The first kappa shape index (κ1) is 17.3. The molecule has 1 amide bonds. The summed E-state index contributed by atoms with van der Waals surface area (Å²) in [6.45, 7) is 6.49. The molecule has 3 rings (SSSR count). The molecule has 1 fully saturated rings. The molecule has 1 heterocycles. The van der Waals surface area contributed by atoms with Gasteiger partial charge in [0, 0.05) is 24.5 Å². The second-order valence-electron chi connectivity index (χ2n) is 6.81. The van der Waals surface area contributed by atoms with Crippen molar-refractivity contribution in [2.45, 2.75) is 32.6 Å². The number of rotatable bonds is 6. The van der Waals surface area contributed by atoms with E-state index in [4.69, 9.17) is 4.74 Å². The summed E-state index contributed by atoms with van der Waals surface area (Å²) in [6.07, 6.45) is 2.47. The Morgan fingerprint density at radius 2 is 1.84 bits per heavy atom. The first-order valence-electron chi connectivity index (χ1n) is 8.99. The van der Waals surface area contributed by atoms with E-state index >= 15 is 0 Å². The van der Waals surface area contributed by atoms with Gasteiger partial charge in [0.1, 0.15) is 5.75 Å². The van der Waals surface area contributed by atoms with Crippen LogP contribution in [0.25, 0.3) is 0 Å². The molecule has 4 nitrogen and oxygen atoms in total. The van der Waals surface area contributed by atoms with Crippen LogP contribution in [0.2, 0.25) is 0 Å². The fourth-order valence-corrected chi connectivity index (χ4v) is 3.05. The van der Waals surface area contributed by atoms with Crippen LogP contribution in [0.15, 0.2) is 48.5 Å². The lowest BCUT2D eigenvalue weighted by molar-refractivity contribution is -0.118. The molecule has 0 aromatic heterocycles. The molecule has 0 unspecified atom stereocenters. The third-order valence-corrected chi connectivity index (χ3v) is 4.52. The van der Waals surface area contributed by atoms with Crippen LogP contribution >= 0.6 is 0 Å². The minimum absolute atomic E-state index is 0.00890. The maximum Gasteiger partial charge on any atom is 0.262 e. The Hall–Kier alpha value is -2.49. The summed E-state index contributed by atoms with van der Waals surface area (Å²) < 4.78 is 5.58. The number of anilines is 2. The Labute approximate surface area is 149 Å². The molecular weight excluding hydrogens is 312 g/mol. The maximum atomic E-state index is 12.1. The van der Waals surface area contributed by atoms with Crippen LogP contribution in [-0.2, 0) is 4.79 Å². The number of carbonyl (C=O) groups is 1. The van der Waals surface area contributed by atoms with Gasteiger partial charge in [-0.2, -0.15) is 0 Å². The Morgan fingerprint density at radius 3 is 2.52 bits per heavy atom. The first-order chi connectivity index (χ1) is 12.1. The largest absolute Gasteiger partial charge is 0.484 e. The highest BCUT2D eigenvalue weighted by atomic mass is 16.5. The lowest BCUT2D eigenvalue weighted by atomic mass is 10.0. The number of hydrogen-bond acceptors (Lipinski definition) is 3. The molecule has 0 aliphatic carbocycles. The van der Waals surface area contributed by atoms with E-state index < -0.39 is 0 Å². The SMILES string of the molecule is CC(C)c1ccc(OCC(=O)Nc2cccc(N3CCCC3)c2)cc1. The van der Waals surface area contributed by atoms with E-state index in [9.17, 15) is 4.79 Å². The fourth-order valence-electron chi connectivity index (χ4n) is 3.05. The minimum atomic E-state index is -0.147. The van der Waals surface area contributed by atoms with Gasteiger partial charge in [-0.25, -0.2) is 0 Å². The van der Waals surface area contributed by atoms with Crippen molar-refractivity contribution in [2.75, 3.05) is 29.9 Å². The molecule has 0 saturated carbocycles. The second-order valence-corrected chi connectivity index (χ2v) is 6.81. The number of ether oxygens (including phenoxy) is 1. The van der Waals surface area contributed by atoms with Crippen molar-refractivity contribution >= 4 is 17.3 Å². The summed E-state index contributed by atoms with van der Waals surface area (Å²) in [5, 5.41) is 2.92. The smallest absolute Gasteiger partial charge is 0.262 e. The van der Waals surface area contributed by atoms with Gasteiger partial charge >= 0.3 is 0 Å². The van der Waals surface area contributed by atoms with Crippen LogP contribution in [-0.4, -0.2) is 25.6 Å². The molecular formula is C21H26N2O2. The number of nitrogens with zero attached hydrogens (tertiary/aromatic N) is 1. The topological polar surface area (TPSA) is 41.6 Å². The van der Waals surface area contributed by atoms with Crippen molar-refractivity contribution in [3.63, 3.8) is 0 Å². The van der Waals surface area contributed by atoms with Crippen LogP contribution < -0.4 is 15.0 Å². The van der Waals surface area contributed by atoms with Gasteiger partial charge in [0.2, 0.25) is 0 Å². The van der Waals surface area contributed by atoms with Gasteiger partial charge in [0.15, 0.2) is 6.61 Å². The van der Waals surface area contributed by atoms with Crippen molar-refractivity contribution in [1.82, 2.24) is 0 Å². The highest BCUT2D eigenvalue weighted by Crippen LogP contribution is 2.23. The van der Waals surface area contributed by atoms with Crippen LogP contribution in [0, 0.1) is 0 Å². The molecule has 25 heavy (non-hydrogen) atoms. The van der Waals surface area contributed by atoms with E-state index in [1.54, 1.807) is 0 Å². The van der Waals surface area contributed by atoms with E-state index in [1.807, 2.05) is 42.5 Å². The fraction of sp³-hybridized carbons (Fsp3) is 0.381. The Bertz CT molecular complexity index is 704. The van der Waals surface area contributed by atoms with Gasteiger partial charge in [-0.05, 0) is 54.7 Å². The van der Waals surface area contributed by atoms with Crippen molar-refractivity contribution < 1.29 is 9.53 Å². The van der Waals surface area contributed by atoms with Crippen LogP contribution in [0.5, 0.6) is 5.75 Å². The zero-order valence-corrected chi connectivity index (χ0v) is 15.0. The number of hydrogen-bond donors (Lipinski definition) is 1. The van der Waals surface area contributed by atoms with Gasteiger partial charge in [-0.3, -0.25) is 4.79 Å². The van der Waals surface area contributed by atoms with Crippen molar-refractivity contribution in [2.24, 2.45) is 0 Å². The Morgan fingerprint density at radius 1 is 1.12 bits per heavy atom. The van der Waals surface area contributed by atoms with Crippen molar-refractivity contribution in [3.8, 4) is 5.75 Å². The average Bonchev–Trinajstić information content (AvgIpc) is 3.15. The van der Waals surface area contributed by atoms with E-state index in [0.29, 0.717) is 11.7 Å². The number of nitrogens with one attached hydrogen (secondary N) is 1. The summed E-state index contributed by atoms with van der Waals surface area (Å²) in [6, 6.07) is 15.9. The van der Waals surface area contributed by atoms with Crippen LogP contribution in [0.4, 0.5) is 11.4 Å². The monoisotopic (exact) mass is 338 g/mol. The standard InChI is InChI=1S/C21H26N2O2/c1-16(2)17-8-10-20(11-9-17)25-15-21(24)22-18-6-5-7-19(14-18)23-12-3-4-13-23/h5-11,14,16H,3-4,12-13,15H2,1-2H3,(H,22,24). The molecule has 1 aliphatic rings. The van der Waals surface area contributed by atoms with E-state index in [0.717, 1.165) is 18.8 Å². The molecule has 0 bridgehead atoms. The number of amides is 1. The van der Waals surface area contributed by atoms with Gasteiger partial charge in [-0.1, -0.05) is 32.0 Å². The highest BCUT2D eigenvalue weighted by molar-refractivity contribution is 5.92. The Balaban J connectivity index is 1.53. The van der Waals surface area contributed by atoms with Gasteiger partial charge in [0.25, 0.3) is 5.91 Å². The third kappa shape index (κ3) is 4.75. The summed E-state index contributed by atoms with van der Waals surface area (Å²) in [5.41, 5.74) is 3.24. The molecule has 4 heteroatoms. The minimum Gasteiger partial charge on any atom is -0.484 e. The summed E-state index contributed by atoms with van der Waals surface area (Å²) in [4.78, 5) is 14.5. The Kier molecular flexibility index (Phi) is 5.59. The quantitative estimate of drug-likeness (QED) is 0.847. The van der Waals surface area contributed by atoms with Crippen LogP contribution in [0.3, 0.4) is 0 Å². The lowest BCUT2D eigenvalue weighted by Gasteiger charge is -2.18. The third-order valence-electron chi connectivity index (χ3n) is 4.52. The normalized spacial score (nSPS) is 14.0. The van der Waals surface area contributed by atoms with E-state index in [1.165, 1.54) is 24.1 Å². The zero-order valence-electron chi connectivity index (χ0n) is 15.0. The first-order valence-corrected chi connectivity index (χ1v) is 8.99. The van der Waals surface area contributed by atoms with E-state index in [-0.39, 0.29) is 12.5 Å². The van der Waals surface area contributed by atoms with Crippen LogP contribution in [0.1, 0.15) is 38.2 Å². The maximum absolute atomic E-state index is 12.1. The summed E-state index contributed by atoms with van der Waals surface area (Å²) in [5.74, 6) is 1.05. The number of benzene rings is 2. The van der Waals surface area contributed by atoms with Crippen molar-refractivity contribution in [1.29, 1.82) is 0 Å². The summed E-state index contributed by atoms with van der Waals surface area (Å²) in [7, 11) is 0. The molecule has 2 aromatic carbocycles. The van der Waals surface area contributed by atoms with Gasteiger partial charge < -0.3 is 15.0 Å². The predicted molar refractivity (Wildman–Crippen MR) is 103 cm³/mol. The average molecular weight is 338 g/mol. The molecule has 132 valence electrons. The lowest BCUT2D eigenvalue weighted by Crippen LogP contribution is -2.21. The molecule has 2 aromatic rings. The van der Waals surface area contributed by atoms with Crippen molar-refractivity contribution in [3.05, 3.63) is 54.1 Å². The highest BCUT2D eigenvalue weighted by Gasteiger charge is 2.13. The molecule has 0 atom stereocenters. The number of carbonyl (C=O) groups excluding carboxylic acids is 1. The molecule has 0 radical (unpaired) electrons.